The average Bonchev–Trinajstić information content (AvgIpc) is 3.16. The van der Waals surface area contributed by atoms with Gasteiger partial charge in [-0.3, -0.25) is 9.10 Å². The summed E-state index contributed by atoms with van der Waals surface area (Å²) in [5.41, 5.74) is 0.0555. The molecule has 3 rings (SSSR count). The summed E-state index contributed by atoms with van der Waals surface area (Å²) in [6.45, 7) is 0.0358. The molecule has 144 valence electrons. The summed E-state index contributed by atoms with van der Waals surface area (Å²) >= 11 is 0. The zero-order valence-electron chi connectivity index (χ0n) is 14.7. The lowest BCUT2D eigenvalue weighted by Gasteiger charge is -2.24. The van der Waals surface area contributed by atoms with Crippen LogP contribution in [0.25, 0.3) is 0 Å². The number of nitrogens with one attached hydrogen (secondary N) is 1. The first-order chi connectivity index (χ1) is 12.2. The van der Waals surface area contributed by atoms with Crippen LogP contribution in [0.4, 0.5) is 14.5 Å². The van der Waals surface area contributed by atoms with Crippen LogP contribution in [0.1, 0.15) is 38.5 Å². The third kappa shape index (κ3) is 4.34. The normalized spacial score (nSPS) is 24.7. The molecule has 0 aliphatic heterocycles. The van der Waals surface area contributed by atoms with Crippen LogP contribution >= 0.6 is 0 Å². The summed E-state index contributed by atoms with van der Waals surface area (Å²) in [6.07, 6.45) is 6.18. The van der Waals surface area contributed by atoms with Gasteiger partial charge in [0.25, 0.3) is 0 Å². The van der Waals surface area contributed by atoms with Crippen LogP contribution in [0.2, 0.25) is 0 Å². The highest BCUT2D eigenvalue weighted by Crippen LogP contribution is 2.44. The second-order valence-electron chi connectivity index (χ2n) is 7.39. The molecule has 8 heteroatoms. The number of halogens is 2. The maximum Gasteiger partial charge on any atom is 0.232 e. The molecule has 2 saturated carbocycles. The topological polar surface area (TPSA) is 66.5 Å². The van der Waals surface area contributed by atoms with Gasteiger partial charge in [0.05, 0.1) is 11.9 Å². The van der Waals surface area contributed by atoms with Crippen molar-refractivity contribution in [1.82, 2.24) is 5.32 Å². The van der Waals surface area contributed by atoms with Crippen molar-refractivity contribution in [2.24, 2.45) is 11.8 Å². The number of hydrogen-bond donors (Lipinski definition) is 1. The molecule has 0 radical (unpaired) electrons. The van der Waals surface area contributed by atoms with E-state index in [1.807, 2.05) is 0 Å². The van der Waals surface area contributed by atoms with Gasteiger partial charge >= 0.3 is 0 Å². The molecule has 3 atom stereocenters. The van der Waals surface area contributed by atoms with Gasteiger partial charge in [0.15, 0.2) is 11.6 Å². The fraction of sp³-hybridized carbons (Fsp3) is 0.611. The van der Waals surface area contributed by atoms with E-state index in [4.69, 9.17) is 0 Å². The Labute approximate surface area is 152 Å². The fourth-order valence-electron chi connectivity index (χ4n) is 4.21. The first kappa shape index (κ1) is 19.1. The smallest absolute Gasteiger partial charge is 0.232 e. The van der Waals surface area contributed by atoms with Crippen molar-refractivity contribution in [1.29, 1.82) is 0 Å². The molecule has 2 aliphatic rings. The molecule has 2 aliphatic carbocycles. The van der Waals surface area contributed by atoms with E-state index in [1.165, 1.54) is 25.3 Å². The number of carbonyl (C=O) groups is 1. The Bertz CT molecular complexity index is 785. The second-order valence-corrected chi connectivity index (χ2v) is 9.29. The van der Waals surface area contributed by atoms with Crippen LogP contribution < -0.4 is 9.62 Å². The van der Waals surface area contributed by atoms with Gasteiger partial charge in [-0.25, -0.2) is 17.2 Å². The maximum absolute atomic E-state index is 13.4. The summed E-state index contributed by atoms with van der Waals surface area (Å²) in [4.78, 5) is 12.2. The zero-order chi connectivity index (χ0) is 18.9. The molecule has 5 nitrogen and oxygen atoms in total. The molecule has 0 aromatic heterocycles. The van der Waals surface area contributed by atoms with Crippen molar-refractivity contribution in [3.63, 3.8) is 0 Å². The number of nitrogens with zero attached hydrogens (tertiary/aromatic N) is 1. The summed E-state index contributed by atoms with van der Waals surface area (Å²) < 4.78 is 51.5. The van der Waals surface area contributed by atoms with Crippen LogP contribution in [0, 0.1) is 23.5 Å². The molecule has 1 aromatic carbocycles. The molecule has 2 bridgehead atoms. The van der Waals surface area contributed by atoms with Crippen LogP contribution in [-0.4, -0.2) is 33.2 Å². The molecule has 1 amide bonds. The summed E-state index contributed by atoms with van der Waals surface area (Å²) in [5.74, 6) is -0.906. The van der Waals surface area contributed by atoms with Gasteiger partial charge in [-0.15, -0.1) is 0 Å². The monoisotopic (exact) mass is 386 g/mol. The standard InChI is InChI=1S/C18H24F2N2O3S/c1-26(24,25)22(14-6-7-15(19)16(20)11-14)8-2-3-18(23)21-17-10-12-4-5-13(17)9-12/h6-7,11-13,17H,2-5,8-10H2,1H3,(H,21,23)/t12-,13-,17-/m0/s1. The van der Waals surface area contributed by atoms with E-state index < -0.39 is 21.7 Å². The molecule has 0 heterocycles. The van der Waals surface area contributed by atoms with Crippen molar-refractivity contribution in [3.8, 4) is 0 Å². The largest absolute Gasteiger partial charge is 0.353 e. The van der Waals surface area contributed by atoms with E-state index in [0.717, 1.165) is 35.0 Å². The minimum absolute atomic E-state index is 0.0358. The van der Waals surface area contributed by atoms with Gasteiger partial charge in [0, 0.05) is 25.1 Å². The number of rotatable bonds is 7. The molecular formula is C18H24F2N2O3S. The average molecular weight is 386 g/mol. The Balaban J connectivity index is 1.54. The summed E-state index contributed by atoms with van der Waals surface area (Å²) in [5, 5.41) is 3.06. The zero-order valence-corrected chi connectivity index (χ0v) is 15.6. The highest BCUT2D eigenvalue weighted by atomic mass is 32.2. The van der Waals surface area contributed by atoms with Crippen molar-refractivity contribution in [2.75, 3.05) is 17.1 Å². The molecule has 1 N–H and O–H groups in total. The lowest BCUT2D eigenvalue weighted by atomic mass is 9.95. The van der Waals surface area contributed by atoms with E-state index in [-0.39, 0.29) is 30.6 Å². The van der Waals surface area contributed by atoms with Gasteiger partial charge in [-0.1, -0.05) is 6.42 Å². The molecule has 1 aromatic rings. The number of carbonyl (C=O) groups excluding carboxylic acids is 1. The van der Waals surface area contributed by atoms with Crippen molar-refractivity contribution < 1.29 is 22.0 Å². The van der Waals surface area contributed by atoms with Crippen LogP contribution in [-0.2, 0) is 14.8 Å². The Morgan fingerprint density at radius 2 is 2.00 bits per heavy atom. The highest BCUT2D eigenvalue weighted by molar-refractivity contribution is 7.92. The molecule has 0 unspecified atom stereocenters. The van der Waals surface area contributed by atoms with Gasteiger partial charge < -0.3 is 5.32 Å². The fourth-order valence-corrected chi connectivity index (χ4v) is 5.17. The molecular weight excluding hydrogens is 362 g/mol. The Morgan fingerprint density at radius 3 is 2.58 bits per heavy atom. The summed E-state index contributed by atoms with van der Waals surface area (Å²) in [7, 11) is -3.66. The first-order valence-corrected chi connectivity index (χ1v) is 10.8. The second kappa shape index (κ2) is 7.50. The van der Waals surface area contributed by atoms with Gasteiger partial charge in [-0.2, -0.15) is 0 Å². The highest BCUT2D eigenvalue weighted by Gasteiger charge is 2.39. The SMILES string of the molecule is CS(=O)(=O)N(CCCC(=O)N[C@H]1C[C@H]2CC[C@H]1C2)c1ccc(F)c(F)c1. The number of fused-ring (bicyclic) bond motifs is 2. The van der Waals surface area contributed by atoms with Crippen LogP contribution in [0.3, 0.4) is 0 Å². The predicted molar refractivity (Wildman–Crippen MR) is 95.2 cm³/mol. The number of amides is 1. The Hall–Kier alpha value is -1.70. The number of benzene rings is 1. The first-order valence-electron chi connectivity index (χ1n) is 8.96. The van der Waals surface area contributed by atoms with Crippen molar-refractivity contribution >= 4 is 21.6 Å². The molecule has 0 spiro atoms. The molecule has 0 saturated heterocycles. The van der Waals surface area contributed by atoms with Gasteiger partial charge in [0.2, 0.25) is 15.9 Å². The lowest BCUT2D eigenvalue weighted by Crippen LogP contribution is -2.39. The predicted octanol–water partition coefficient (Wildman–Crippen LogP) is 2.82. The van der Waals surface area contributed by atoms with E-state index in [1.54, 1.807) is 0 Å². The quantitative estimate of drug-likeness (QED) is 0.784. The number of anilines is 1. The minimum Gasteiger partial charge on any atom is -0.353 e. The van der Waals surface area contributed by atoms with Crippen molar-refractivity contribution in [2.45, 2.75) is 44.6 Å². The summed E-state index contributed by atoms with van der Waals surface area (Å²) in [6, 6.07) is 3.21. The molecule has 2 fully saturated rings. The number of sulfonamides is 1. The molecule has 26 heavy (non-hydrogen) atoms. The Kier molecular flexibility index (Phi) is 5.50. The third-order valence-corrected chi connectivity index (χ3v) is 6.64. The van der Waals surface area contributed by atoms with E-state index in [2.05, 4.69) is 5.32 Å². The third-order valence-electron chi connectivity index (χ3n) is 5.44. The van der Waals surface area contributed by atoms with Crippen molar-refractivity contribution in [3.05, 3.63) is 29.8 Å². The lowest BCUT2D eigenvalue weighted by molar-refractivity contribution is -0.122. The van der Waals surface area contributed by atoms with E-state index >= 15 is 0 Å². The van der Waals surface area contributed by atoms with Crippen LogP contribution in [0.15, 0.2) is 18.2 Å². The minimum atomic E-state index is -3.66. The van der Waals surface area contributed by atoms with Gasteiger partial charge in [-0.05, 0) is 49.7 Å². The maximum atomic E-state index is 13.4. The van der Waals surface area contributed by atoms with E-state index in [9.17, 15) is 22.0 Å². The Morgan fingerprint density at radius 1 is 1.23 bits per heavy atom. The van der Waals surface area contributed by atoms with E-state index in [0.29, 0.717) is 12.3 Å². The number of hydrogen-bond acceptors (Lipinski definition) is 3. The van der Waals surface area contributed by atoms with Crippen LogP contribution in [0.5, 0.6) is 0 Å². The van der Waals surface area contributed by atoms with Gasteiger partial charge in [0.1, 0.15) is 0 Å².